The van der Waals surface area contributed by atoms with Crippen molar-refractivity contribution in [3.8, 4) is 0 Å². The highest BCUT2D eigenvalue weighted by atomic mass is 16.5. The Kier molecular flexibility index (Phi) is 9.77. The van der Waals surface area contributed by atoms with Crippen LogP contribution in [0.2, 0.25) is 0 Å². The molecule has 5 nitrogen and oxygen atoms in total. The van der Waals surface area contributed by atoms with E-state index in [1.54, 1.807) is 0 Å². The molecule has 2 atom stereocenters. The molecule has 0 bridgehead atoms. The van der Waals surface area contributed by atoms with E-state index in [-0.39, 0.29) is 17.9 Å². The Morgan fingerprint density at radius 2 is 2.00 bits per heavy atom. The molecule has 28 heavy (non-hydrogen) atoms. The van der Waals surface area contributed by atoms with Gasteiger partial charge in [0.25, 0.3) is 0 Å². The van der Waals surface area contributed by atoms with Gasteiger partial charge in [-0.15, -0.1) is 0 Å². The van der Waals surface area contributed by atoms with Crippen LogP contribution in [0.4, 0.5) is 0 Å². The zero-order chi connectivity index (χ0) is 20.2. The molecular weight excluding hydrogens is 354 g/mol. The van der Waals surface area contributed by atoms with Crippen LogP contribution in [-0.4, -0.2) is 41.1 Å². The monoisotopic (exact) mass is 387 g/mol. The van der Waals surface area contributed by atoms with E-state index >= 15 is 0 Å². The predicted octanol–water partition coefficient (Wildman–Crippen LogP) is 4.17. The van der Waals surface area contributed by atoms with Crippen LogP contribution >= 0.6 is 0 Å². The number of nitrogens with zero attached hydrogens (tertiary/aromatic N) is 1. The van der Waals surface area contributed by atoms with Crippen molar-refractivity contribution in [2.45, 2.75) is 70.4 Å². The number of esters is 1. The van der Waals surface area contributed by atoms with Crippen molar-refractivity contribution in [3.63, 3.8) is 0 Å². The van der Waals surface area contributed by atoms with Gasteiger partial charge in [-0.3, -0.25) is 9.59 Å². The van der Waals surface area contributed by atoms with Crippen LogP contribution in [0, 0.1) is 0 Å². The molecule has 1 aromatic carbocycles. The first kappa shape index (κ1) is 22.2. The van der Waals surface area contributed by atoms with Gasteiger partial charge in [-0.25, -0.2) is 0 Å². The maximum atomic E-state index is 12.2. The minimum absolute atomic E-state index is 0.125. The molecule has 1 fully saturated rings. The van der Waals surface area contributed by atoms with Crippen LogP contribution in [-0.2, 0) is 14.3 Å². The van der Waals surface area contributed by atoms with Gasteiger partial charge in [0.2, 0.25) is 5.91 Å². The third kappa shape index (κ3) is 7.47. The zero-order valence-electron chi connectivity index (χ0n) is 16.9. The Morgan fingerprint density at radius 3 is 2.75 bits per heavy atom. The molecule has 2 rings (SSSR count). The summed E-state index contributed by atoms with van der Waals surface area (Å²) in [6.07, 6.45) is 9.80. The number of likely N-dealkylation sites (tertiary alicyclic amines) is 1. The summed E-state index contributed by atoms with van der Waals surface area (Å²) in [6, 6.07) is 9.76. The lowest BCUT2D eigenvalue weighted by atomic mass is 10.1. The number of amides is 1. The van der Waals surface area contributed by atoms with Gasteiger partial charge < -0.3 is 14.7 Å². The lowest BCUT2D eigenvalue weighted by molar-refractivity contribution is -0.143. The molecule has 1 saturated heterocycles. The van der Waals surface area contributed by atoms with Gasteiger partial charge in [0, 0.05) is 19.4 Å². The quantitative estimate of drug-likeness (QED) is 0.332. The SMILES string of the molecule is CCOC(=O)CCCCCCN1C(=O)CC[C@H]1/C=C/CC(O)c1ccccc1. The van der Waals surface area contributed by atoms with E-state index < -0.39 is 6.10 Å². The average molecular weight is 388 g/mol. The fraction of sp³-hybridized carbons (Fsp3) is 0.565. The summed E-state index contributed by atoms with van der Waals surface area (Å²) in [6.45, 7) is 3.01. The minimum Gasteiger partial charge on any atom is -0.466 e. The third-order valence-electron chi connectivity index (χ3n) is 5.11. The number of aliphatic hydroxyl groups is 1. The number of unbranched alkanes of at least 4 members (excludes halogenated alkanes) is 3. The molecule has 1 aromatic rings. The van der Waals surface area contributed by atoms with Gasteiger partial charge in [0.15, 0.2) is 0 Å². The van der Waals surface area contributed by atoms with E-state index in [9.17, 15) is 14.7 Å². The number of carbonyl (C=O) groups excluding carboxylic acids is 2. The van der Waals surface area contributed by atoms with Crippen molar-refractivity contribution < 1.29 is 19.4 Å². The second kappa shape index (κ2) is 12.3. The van der Waals surface area contributed by atoms with Crippen LogP contribution < -0.4 is 0 Å². The van der Waals surface area contributed by atoms with Crippen molar-refractivity contribution in [1.82, 2.24) is 4.90 Å². The second-order valence-corrected chi connectivity index (χ2v) is 7.25. The zero-order valence-corrected chi connectivity index (χ0v) is 16.9. The van der Waals surface area contributed by atoms with Crippen LogP contribution in [0.25, 0.3) is 0 Å². The van der Waals surface area contributed by atoms with Crippen LogP contribution in [0.5, 0.6) is 0 Å². The number of rotatable bonds is 12. The normalized spacial score (nSPS) is 18.0. The van der Waals surface area contributed by atoms with Crippen molar-refractivity contribution >= 4 is 11.9 Å². The van der Waals surface area contributed by atoms with E-state index in [1.165, 1.54) is 0 Å². The van der Waals surface area contributed by atoms with Gasteiger partial charge >= 0.3 is 5.97 Å². The van der Waals surface area contributed by atoms with Gasteiger partial charge in [-0.2, -0.15) is 0 Å². The van der Waals surface area contributed by atoms with Crippen LogP contribution in [0.1, 0.15) is 70.0 Å². The summed E-state index contributed by atoms with van der Waals surface area (Å²) in [7, 11) is 0. The van der Waals surface area contributed by atoms with Crippen molar-refractivity contribution in [2.75, 3.05) is 13.2 Å². The molecule has 1 aliphatic rings. The molecule has 0 saturated carbocycles. The summed E-state index contributed by atoms with van der Waals surface area (Å²) in [5, 5.41) is 10.2. The van der Waals surface area contributed by atoms with Gasteiger partial charge in [0.1, 0.15) is 0 Å². The summed E-state index contributed by atoms with van der Waals surface area (Å²) in [5.41, 5.74) is 0.911. The first-order valence-electron chi connectivity index (χ1n) is 10.5. The van der Waals surface area contributed by atoms with E-state index in [0.29, 0.717) is 25.9 Å². The largest absolute Gasteiger partial charge is 0.466 e. The lowest BCUT2D eigenvalue weighted by Crippen LogP contribution is -2.32. The number of carbonyl (C=O) groups is 2. The molecule has 154 valence electrons. The molecule has 0 aromatic heterocycles. The average Bonchev–Trinajstić information content (AvgIpc) is 3.05. The number of hydrogen-bond acceptors (Lipinski definition) is 4. The fourth-order valence-corrected chi connectivity index (χ4v) is 3.56. The summed E-state index contributed by atoms with van der Waals surface area (Å²) in [4.78, 5) is 25.4. The van der Waals surface area contributed by atoms with Crippen molar-refractivity contribution in [2.24, 2.45) is 0 Å². The highest BCUT2D eigenvalue weighted by Crippen LogP contribution is 2.22. The molecule has 0 radical (unpaired) electrons. The minimum atomic E-state index is -0.512. The first-order valence-corrected chi connectivity index (χ1v) is 10.5. The smallest absolute Gasteiger partial charge is 0.305 e. The van der Waals surface area contributed by atoms with Gasteiger partial charge in [-0.1, -0.05) is 55.3 Å². The molecule has 1 heterocycles. The molecular formula is C23H33NO4. The molecule has 1 N–H and O–H groups in total. The van der Waals surface area contributed by atoms with Gasteiger partial charge in [0.05, 0.1) is 18.8 Å². The fourth-order valence-electron chi connectivity index (χ4n) is 3.56. The Labute approximate surface area is 168 Å². The highest BCUT2D eigenvalue weighted by molar-refractivity contribution is 5.79. The van der Waals surface area contributed by atoms with E-state index in [4.69, 9.17) is 4.74 Å². The topological polar surface area (TPSA) is 66.8 Å². The Balaban J connectivity index is 1.68. The Bertz CT molecular complexity index is 629. The Hall–Kier alpha value is -2.14. The van der Waals surface area contributed by atoms with E-state index in [0.717, 1.165) is 44.2 Å². The number of benzene rings is 1. The molecule has 0 spiro atoms. The molecule has 0 aliphatic carbocycles. The lowest BCUT2D eigenvalue weighted by Gasteiger charge is -2.22. The van der Waals surface area contributed by atoms with Gasteiger partial charge in [-0.05, 0) is 38.2 Å². The summed E-state index contributed by atoms with van der Waals surface area (Å²) >= 11 is 0. The van der Waals surface area contributed by atoms with Crippen molar-refractivity contribution in [1.29, 1.82) is 0 Å². The molecule has 1 unspecified atom stereocenters. The van der Waals surface area contributed by atoms with E-state index in [2.05, 4.69) is 6.08 Å². The second-order valence-electron chi connectivity index (χ2n) is 7.25. The Morgan fingerprint density at radius 1 is 1.25 bits per heavy atom. The maximum absolute atomic E-state index is 12.2. The van der Waals surface area contributed by atoms with Crippen molar-refractivity contribution in [3.05, 3.63) is 48.0 Å². The maximum Gasteiger partial charge on any atom is 0.305 e. The molecule has 1 aliphatic heterocycles. The predicted molar refractivity (Wildman–Crippen MR) is 110 cm³/mol. The third-order valence-corrected chi connectivity index (χ3v) is 5.11. The number of hydrogen-bond donors (Lipinski definition) is 1. The molecule has 5 heteroatoms. The highest BCUT2D eigenvalue weighted by Gasteiger charge is 2.28. The molecule has 1 amide bonds. The number of aliphatic hydroxyl groups excluding tert-OH is 1. The first-order chi connectivity index (χ1) is 13.6. The van der Waals surface area contributed by atoms with Crippen LogP contribution in [0.3, 0.4) is 0 Å². The summed E-state index contributed by atoms with van der Waals surface area (Å²) < 4.78 is 4.92. The van der Waals surface area contributed by atoms with E-state index in [1.807, 2.05) is 48.2 Å². The number of ether oxygens (including phenoxy) is 1. The summed E-state index contributed by atoms with van der Waals surface area (Å²) in [5.74, 6) is 0.0879. The standard InChI is InChI=1S/C23H33NO4/c1-2-28-23(27)15-8-3-4-9-18-24-20(16-17-22(24)26)13-10-14-21(25)19-11-6-5-7-12-19/h5-7,10-13,20-21,25H,2-4,8-9,14-18H2,1H3/b13-10+/t20-,21?/m1/s1. The van der Waals surface area contributed by atoms with Crippen LogP contribution in [0.15, 0.2) is 42.5 Å².